The largest absolute Gasteiger partial charge is 0.479 e. The van der Waals surface area contributed by atoms with Gasteiger partial charge in [-0.05, 0) is 0 Å². The normalized spacial score (nSPS) is 47.7. The Balaban J connectivity index is 1.28. The van der Waals surface area contributed by atoms with Crippen LogP contribution in [0.5, 0.6) is 0 Å². The van der Waals surface area contributed by atoms with Crippen molar-refractivity contribution in [3.63, 3.8) is 0 Å². The lowest BCUT2D eigenvalue weighted by molar-refractivity contribution is -0.415. The maximum atomic E-state index is 12.9. The van der Waals surface area contributed by atoms with Crippen molar-refractivity contribution in [2.45, 2.75) is 264 Å². The minimum Gasteiger partial charge on any atom is -0.479 e. The molecule has 0 amide bonds. The van der Waals surface area contributed by atoms with E-state index in [1.54, 1.807) is 0 Å². The summed E-state index contributed by atoms with van der Waals surface area (Å²) in [6.07, 6.45) is -96.6. The number of hydrogen-bond donors (Lipinski definition) is 31. The van der Waals surface area contributed by atoms with E-state index in [1.165, 1.54) is 0 Å². The summed E-state index contributed by atoms with van der Waals surface area (Å²) in [5.74, 6) is -10.0. The molecule has 8 heterocycles. The molecule has 0 aromatic heterocycles. The molecule has 0 aromatic rings. The smallest absolute Gasteiger partial charge is 0.470 e. The molecule has 8 saturated heterocycles. The molecule has 0 aliphatic carbocycles. The number of aliphatic carboxylic acids is 3. The number of aliphatic hydroxyl groups excluding tert-OH is 20. The lowest BCUT2D eigenvalue weighted by atomic mass is 9.91. The number of carboxylic acid groups (broad SMARTS) is 3. The van der Waals surface area contributed by atoms with Gasteiger partial charge >= 0.3 is 33.6 Å². The van der Waals surface area contributed by atoms with Crippen LogP contribution in [-0.2, 0) is 104 Å². The van der Waals surface area contributed by atoms with Gasteiger partial charge in [-0.15, -0.1) is 0 Å². The molecular formula is C52H89N3O50P2. The molecule has 42 atom stereocenters. The second-order valence-corrected chi connectivity index (χ2v) is 28.3. The Morgan fingerprint density at radius 3 is 1.36 bits per heavy atom. The highest BCUT2D eigenvalue weighted by Gasteiger charge is 2.63. The monoisotopic (exact) mass is 1620 g/mol. The van der Waals surface area contributed by atoms with E-state index in [9.17, 15) is 166 Å². The highest BCUT2D eigenvalue weighted by atomic mass is 31.2. The third kappa shape index (κ3) is 20.1. The van der Waals surface area contributed by atoms with Gasteiger partial charge in [0.1, 0.15) is 177 Å². The van der Waals surface area contributed by atoms with Crippen LogP contribution in [0.25, 0.3) is 0 Å². The minimum absolute atomic E-state index is 1.03. The van der Waals surface area contributed by atoms with Gasteiger partial charge in [0, 0.05) is 6.42 Å². The summed E-state index contributed by atoms with van der Waals surface area (Å²) < 4.78 is 121. The molecule has 0 aromatic carbocycles. The van der Waals surface area contributed by atoms with Crippen LogP contribution in [0.1, 0.15) is 6.42 Å². The standard InChI is InChI=1S/C52H89N3O50P2/c53-15-20(65)18(63)12(4-58)91-44(15)89-6-10(62)32-37(105-107(86,87)88)29(74)40(101-48-27(72)23(68)25(70)39(100-48)43(78)79)50(95-32)98-36-30(75)49(97-35-11(104-106(83,84)85)1-52(82,51(80)81)103-33(35)9(61)3-57)94-31(8(60)2-56)41(36)102-47-28(73)26(71)34(96-46-17(55)21(66)19(64)13(5-59)92-46)14(93-47)7-90-45-16(54)22(67)24(69)38(99-45)42(76)77/h8-41,44-50,56-75,82H,1-7,53-55H2,(H,76,77)(H,78,79)(H,80,81)(H2,83,84,85)(H2,86,87,88)/t8-,9+,10-,11+,12+,13+,14+,15+,16+,17+,18+,19+,20+,21+,22+,23-,24+,25-,26+,27+,28+,29-,30-,31+,32+,33+,34+,35+,36+,37-,38-,39-,40-,41+,44-,45-,46+,47-,48+,49+,50+,52+/m0/s1. The van der Waals surface area contributed by atoms with Gasteiger partial charge in [0.25, 0.3) is 5.79 Å². The van der Waals surface area contributed by atoms with Crippen molar-refractivity contribution in [3.8, 4) is 0 Å². The predicted molar refractivity (Wildman–Crippen MR) is 316 cm³/mol. The van der Waals surface area contributed by atoms with Gasteiger partial charge in [-0.3, -0.25) is 9.05 Å². The Kier molecular flexibility index (Phi) is 30.7. The van der Waals surface area contributed by atoms with E-state index in [-0.39, 0.29) is 0 Å². The Bertz CT molecular complexity index is 2990. The van der Waals surface area contributed by atoms with Crippen LogP contribution < -0.4 is 17.2 Å². The van der Waals surface area contributed by atoms with Gasteiger partial charge < -0.3 is 230 Å². The maximum absolute atomic E-state index is 12.9. The summed E-state index contributed by atoms with van der Waals surface area (Å²) in [5.41, 5.74) is 18.2. The van der Waals surface area contributed by atoms with Crippen LogP contribution in [-0.4, -0.2) is 457 Å². The van der Waals surface area contributed by atoms with Crippen LogP contribution in [0.15, 0.2) is 0 Å². The third-order valence-corrected chi connectivity index (χ3v) is 19.6. The van der Waals surface area contributed by atoms with Crippen molar-refractivity contribution in [2.24, 2.45) is 17.2 Å². The second-order valence-electron chi connectivity index (χ2n) is 25.9. The number of phosphoric acid groups is 2. The molecule has 8 aliphatic heterocycles. The molecule has 107 heavy (non-hydrogen) atoms. The number of ether oxygens (including phenoxy) is 15. The van der Waals surface area contributed by atoms with E-state index in [0.717, 1.165) is 0 Å². The second kappa shape index (κ2) is 36.7. The zero-order chi connectivity index (χ0) is 79.9. The zero-order valence-corrected chi connectivity index (χ0v) is 56.5. The Morgan fingerprint density at radius 1 is 0.411 bits per heavy atom. The van der Waals surface area contributed by atoms with Crippen LogP contribution >= 0.6 is 15.6 Å². The summed E-state index contributed by atoms with van der Waals surface area (Å²) in [6.45, 7) is -7.85. The Labute approximate surface area is 598 Å². The first-order valence-electron chi connectivity index (χ1n) is 32.1. The number of rotatable bonds is 30. The van der Waals surface area contributed by atoms with Crippen molar-refractivity contribution in [2.75, 3.05) is 39.6 Å². The van der Waals surface area contributed by atoms with Gasteiger partial charge in [-0.25, -0.2) is 23.5 Å². The fourth-order valence-corrected chi connectivity index (χ4v) is 13.9. The summed E-state index contributed by atoms with van der Waals surface area (Å²) >= 11 is 0. The molecule has 8 rings (SSSR count). The highest BCUT2D eigenvalue weighted by molar-refractivity contribution is 7.46. The molecule has 0 saturated carbocycles. The molecule has 55 heteroatoms. The highest BCUT2D eigenvalue weighted by Crippen LogP contribution is 2.48. The molecule has 8 fully saturated rings. The number of nitrogens with two attached hydrogens (primary N) is 3. The quantitative estimate of drug-likeness (QED) is 0.0297. The van der Waals surface area contributed by atoms with Crippen molar-refractivity contribution in [3.05, 3.63) is 0 Å². The molecule has 0 radical (unpaired) electrons. The predicted octanol–water partition coefficient (Wildman–Crippen LogP) is -19.6. The molecule has 622 valence electrons. The number of aliphatic hydroxyl groups is 21. The molecule has 0 unspecified atom stereocenters. The van der Waals surface area contributed by atoms with Crippen molar-refractivity contribution >= 4 is 33.6 Å². The average molecular weight is 1620 g/mol. The molecule has 8 aliphatic rings. The lowest BCUT2D eigenvalue weighted by Gasteiger charge is -2.53. The Morgan fingerprint density at radius 2 is 0.832 bits per heavy atom. The van der Waals surface area contributed by atoms with Gasteiger partial charge in [-0.2, -0.15) is 0 Å². The third-order valence-electron chi connectivity index (χ3n) is 18.5. The van der Waals surface area contributed by atoms with Gasteiger partial charge in [0.15, 0.2) is 56.2 Å². The van der Waals surface area contributed by atoms with Crippen LogP contribution in [0, 0.1) is 0 Å². The fourth-order valence-electron chi connectivity index (χ4n) is 12.8. The average Bonchev–Trinajstić information content (AvgIpc) is 0.757. The first-order valence-corrected chi connectivity index (χ1v) is 35.1. The van der Waals surface area contributed by atoms with Crippen LogP contribution in [0.4, 0.5) is 0 Å². The van der Waals surface area contributed by atoms with Crippen molar-refractivity contribution < 1.29 is 246 Å². The number of carbonyl (C=O) groups is 3. The van der Waals surface area contributed by atoms with Crippen molar-refractivity contribution in [1.29, 1.82) is 0 Å². The van der Waals surface area contributed by atoms with Gasteiger partial charge in [0.05, 0.1) is 57.8 Å². The fraction of sp³-hybridized carbons (Fsp3) is 0.942. The van der Waals surface area contributed by atoms with Gasteiger partial charge in [0.2, 0.25) is 0 Å². The summed E-state index contributed by atoms with van der Waals surface area (Å²) in [4.78, 5) is 77.8. The van der Waals surface area contributed by atoms with E-state index in [0.29, 0.717) is 0 Å². The van der Waals surface area contributed by atoms with E-state index in [1.807, 2.05) is 0 Å². The number of phosphoric ester groups is 2. The summed E-state index contributed by atoms with van der Waals surface area (Å²) in [6, 6.07) is -5.53. The number of carboxylic acids is 3. The first kappa shape index (κ1) is 89.6. The maximum Gasteiger partial charge on any atom is 0.470 e. The summed E-state index contributed by atoms with van der Waals surface area (Å²) in [7, 11) is -12.2. The zero-order valence-electron chi connectivity index (χ0n) is 54.8. The Hall–Kier alpha value is -2.93. The number of hydrogen-bond acceptors (Lipinski definition) is 46. The van der Waals surface area contributed by atoms with E-state index in [4.69, 9.17) is 97.3 Å². The van der Waals surface area contributed by atoms with Gasteiger partial charge in [-0.1, -0.05) is 0 Å². The molecule has 53 nitrogen and oxygen atoms in total. The minimum atomic E-state index is -6.14. The topological polar surface area (TPSA) is 887 Å². The van der Waals surface area contributed by atoms with Crippen molar-refractivity contribution in [1.82, 2.24) is 0 Å². The molecular weight excluding hydrogens is 1530 g/mol. The summed E-state index contributed by atoms with van der Waals surface area (Å²) in [5, 5.41) is 263. The first-order chi connectivity index (χ1) is 49.8. The van der Waals surface area contributed by atoms with E-state index >= 15 is 0 Å². The SMILES string of the molecule is N[C@H]1[C@@H](OC[C@H]2O[C@@H](O[C@H]3[C@H](O[C@H]4O[C@H]([C@@H](O)CO[C@H]5O[C@H](CO)[C@@H](O)[C@H](O)[C@H]5N)[C@@H](OP(=O)(O)O)[C@H](O)[C@@H]4O[C@H]4O[C@H](C(=O)O)[C@@H](O)[C@H](O)[C@H]4O)[C@H](O)[C@@H](O[C@H]4[C@@H]([C@H](O)CO)O[C@@](O)(C(=O)O)C[C@H]4OP(=O)(O)O)O[C@@H]3[C@@H](O)CO)[C@H](O)[C@@H](O)[C@@H]2O[C@H]2O[C@H](CO)[C@@H](O)[C@H](O)[C@H]2N)O[C@H](C(=O)O)[C@H](O)[C@@H]1O. The van der Waals surface area contributed by atoms with E-state index in [2.05, 4.69) is 0 Å². The molecule has 0 bridgehead atoms. The molecule has 0 spiro atoms. The van der Waals surface area contributed by atoms with E-state index < -0.39 is 337 Å². The van der Waals surface area contributed by atoms with Crippen LogP contribution in [0.3, 0.4) is 0 Å². The molecule has 34 N–H and O–H groups in total. The van der Waals surface area contributed by atoms with Crippen LogP contribution in [0.2, 0.25) is 0 Å². The lowest BCUT2D eigenvalue weighted by Crippen LogP contribution is -2.71.